The Morgan fingerprint density at radius 2 is 1.93 bits per heavy atom. The molecule has 0 spiro atoms. The van der Waals surface area contributed by atoms with Gasteiger partial charge in [-0.15, -0.1) is 0 Å². The lowest BCUT2D eigenvalue weighted by molar-refractivity contribution is 0.0604. The molecule has 88 valence electrons. The zero-order valence-corrected chi connectivity index (χ0v) is 10.2. The average Bonchev–Trinajstić information content (AvgIpc) is 2.00. The Bertz CT molecular complexity index is 229. The highest BCUT2D eigenvalue weighted by Gasteiger charge is 2.15. The first kappa shape index (κ1) is 13.9. The van der Waals surface area contributed by atoms with Crippen molar-refractivity contribution in [2.24, 2.45) is 10.7 Å². The first-order chi connectivity index (χ1) is 6.85. The summed E-state index contributed by atoms with van der Waals surface area (Å²) in [7, 11) is 0. The van der Waals surface area contributed by atoms with Crippen LogP contribution in [0.1, 0.15) is 53.4 Å². The third-order valence-corrected chi connectivity index (χ3v) is 1.66. The van der Waals surface area contributed by atoms with Crippen LogP contribution in [0.15, 0.2) is 4.99 Å². The third kappa shape index (κ3) is 9.25. The zero-order valence-electron chi connectivity index (χ0n) is 10.2. The van der Waals surface area contributed by atoms with Gasteiger partial charge in [0.25, 0.3) is 0 Å². The summed E-state index contributed by atoms with van der Waals surface area (Å²) in [5.74, 6) is 0.359. The molecule has 4 heteroatoms. The average molecular weight is 214 g/mol. The topological polar surface area (TPSA) is 64.7 Å². The normalized spacial score (nSPS) is 12.7. The van der Waals surface area contributed by atoms with Gasteiger partial charge in [0, 0.05) is 6.42 Å². The molecule has 1 amide bonds. The number of nitrogens with two attached hydrogens (primary N) is 1. The molecule has 0 radical (unpaired) electrons. The molecule has 2 N–H and O–H groups in total. The molecule has 0 aliphatic heterocycles. The van der Waals surface area contributed by atoms with Crippen LogP contribution in [0.3, 0.4) is 0 Å². The molecular formula is C11H22N2O2. The van der Waals surface area contributed by atoms with Crippen molar-refractivity contribution in [2.45, 2.75) is 59.0 Å². The molecule has 0 aromatic heterocycles. The predicted molar refractivity (Wildman–Crippen MR) is 62.0 cm³/mol. The fraction of sp³-hybridized carbons (Fsp3) is 0.818. The van der Waals surface area contributed by atoms with Crippen LogP contribution in [-0.4, -0.2) is 17.5 Å². The van der Waals surface area contributed by atoms with E-state index in [1.807, 2.05) is 0 Å². The number of carbonyl (C=O) groups excluding carboxylic acids is 1. The van der Waals surface area contributed by atoms with Gasteiger partial charge in [0.05, 0.1) is 0 Å². The lowest BCUT2D eigenvalue weighted by Gasteiger charge is -2.17. The van der Waals surface area contributed by atoms with Gasteiger partial charge in [-0.25, -0.2) is 4.79 Å². The maximum atomic E-state index is 11.2. The lowest BCUT2D eigenvalue weighted by Crippen LogP contribution is -2.24. The summed E-state index contributed by atoms with van der Waals surface area (Å²) in [4.78, 5) is 14.9. The maximum Gasteiger partial charge on any atom is 0.435 e. The number of hydrogen-bond acceptors (Lipinski definition) is 2. The first-order valence-corrected chi connectivity index (χ1v) is 5.41. The van der Waals surface area contributed by atoms with Crippen LogP contribution >= 0.6 is 0 Å². The highest BCUT2D eigenvalue weighted by molar-refractivity contribution is 5.90. The van der Waals surface area contributed by atoms with E-state index < -0.39 is 11.7 Å². The van der Waals surface area contributed by atoms with Crippen LogP contribution in [0.25, 0.3) is 0 Å². The summed E-state index contributed by atoms with van der Waals surface area (Å²) in [5.41, 5.74) is 5.07. The second-order valence-electron chi connectivity index (χ2n) is 4.54. The fourth-order valence-electron chi connectivity index (χ4n) is 1.01. The molecule has 15 heavy (non-hydrogen) atoms. The van der Waals surface area contributed by atoms with Gasteiger partial charge < -0.3 is 10.5 Å². The number of ether oxygens (including phenoxy) is 1. The number of rotatable bonds is 4. The number of amidine groups is 1. The van der Waals surface area contributed by atoms with Crippen molar-refractivity contribution in [1.29, 1.82) is 0 Å². The number of carbonyl (C=O) groups is 1. The van der Waals surface area contributed by atoms with E-state index in [1.165, 1.54) is 0 Å². The third-order valence-electron chi connectivity index (χ3n) is 1.66. The lowest BCUT2D eigenvalue weighted by atomic mass is 10.2. The Morgan fingerprint density at radius 3 is 2.40 bits per heavy atom. The zero-order chi connectivity index (χ0) is 11.9. The SMILES string of the molecule is CCCCC/C(N)=N/C(=O)OC(C)(C)C. The van der Waals surface area contributed by atoms with Crippen LogP contribution in [0.4, 0.5) is 4.79 Å². The van der Waals surface area contributed by atoms with E-state index in [4.69, 9.17) is 10.5 Å². The molecule has 4 nitrogen and oxygen atoms in total. The molecule has 0 aromatic rings. The second-order valence-corrected chi connectivity index (χ2v) is 4.54. The molecule has 0 bridgehead atoms. The number of hydrogen-bond donors (Lipinski definition) is 1. The molecule has 0 heterocycles. The Balaban J connectivity index is 3.96. The van der Waals surface area contributed by atoms with Crippen molar-refractivity contribution >= 4 is 11.9 Å². The fourth-order valence-corrected chi connectivity index (χ4v) is 1.01. The largest absolute Gasteiger partial charge is 0.442 e. The van der Waals surface area contributed by atoms with E-state index in [0.29, 0.717) is 12.3 Å². The molecule has 0 aliphatic rings. The highest BCUT2D eigenvalue weighted by Crippen LogP contribution is 2.08. The second kappa shape index (κ2) is 6.43. The molecule has 0 saturated heterocycles. The summed E-state index contributed by atoms with van der Waals surface area (Å²) in [6.07, 6.45) is 3.25. The van der Waals surface area contributed by atoms with Crippen molar-refractivity contribution in [3.63, 3.8) is 0 Å². The molecule has 0 fully saturated rings. The van der Waals surface area contributed by atoms with Crippen molar-refractivity contribution in [3.05, 3.63) is 0 Å². The van der Waals surface area contributed by atoms with E-state index in [9.17, 15) is 4.79 Å². The molecule has 0 rings (SSSR count). The maximum absolute atomic E-state index is 11.2. The molecule has 0 aromatic carbocycles. The Labute approximate surface area is 91.9 Å². The van der Waals surface area contributed by atoms with Gasteiger partial charge in [-0.05, 0) is 27.2 Å². The van der Waals surface area contributed by atoms with Crippen molar-refractivity contribution in [1.82, 2.24) is 0 Å². The summed E-state index contributed by atoms with van der Waals surface area (Å²) >= 11 is 0. The van der Waals surface area contributed by atoms with Gasteiger partial charge in [-0.2, -0.15) is 4.99 Å². The van der Waals surface area contributed by atoms with Gasteiger partial charge >= 0.3 is 6.09 Å². The van der Waals surface area contributed by atoms with Crippen LogP contribution in [0.5, 0.6) is 0 Å². The molecule has 0 aliphatic carbocycles. The first-order valence-electron chi connectivity index (χ1n) is 5.41. The Kier molecular flexibility index (Phi) is 5.97. The standard InChI is InChI=1S/C11H22N2O2/c1-5-6-7-8-9(12)13-10(14)15-11(2,3)4/h5-8H2,1-4H3,(H2,12,13,14). The van der Waals surface area contributed by atoms with Gasteiger partial charge in [0.15, 0.2) is 0 Å². The molecule has 0 saturated carbocycles. The van der Waals surface area contributed by atoms with Gasteiger partial charge in [0.1, 0.15) is 11.4 Å². The summed E-state index contributed by atoms with van der Waals surface area (Å²) in [6.45, 7) is 7.51. The van der Waals surface area contributed by atoms with Crippen LogP contribution in [0.2, 0.25) is 0 Å². The van der Waals surface area contributed by atoms with Gasteiger partial charge in [-0.1, -0.05) is 19.8 Å². The van der Waals surface area contributed by atoms with Crippen LogP contribution in [0, 0.1) is 0 Å². The Morgan fingerprint density at radius 1 is 1.33 bits per heavy atom. The smallest absolute Gasteiger partial charge is 0.435 e. The number of amides is 1. The number of unbranched alkanes of at least 4 members (excludes halogenated alkanes) is 2. The van der Waals surface area contributed by atoms with Crippen molar-refractivity contribution < 1.29 is 9.53 Å². The van der Waals surface area contributed by atoms with Crippen molar-refractivity contribution in [3.8, 4) is 0 Å². The summed E-state index contributed by atoms with van der Waals surface area (Å²) < 4.78 is 5.01. The number of aliphatic imine (C=N–C) groups is 1. The minimum Gasteiger partial charge on any atom is -0.442 e. The van der Waals surface area contributed by atoms with E-state index in [-0.39, 0.29) is 0 Å². The minimum absolute atomic E-state index is 0.359. The monoisotopic (exact) mass is 214 g/mol. The van der Waals surface area contributed by atoms with Gasteiger partial charge in [-0.3, -0.25) is 0 Å². The van der Waals surface area contributed by atoms with E-state index in [0.717, 1.165) is 19.3 Å². The molecular weight excluding hydrogens is 192 g/mol. The summed E-state index contributed by atoms with van der Waals surface area (Å²) in [6, 6.07) is 0. The predicted octanol–water partition coefficient (Wildman–Crippen LogP) is 2.86. The van der Waals surface area contributed by atoms with Crippen LogP contribution in [-0.2, 0) is 4.74 Å². The van der Waals surface area contributed by atoms with E-state index in [1.54, 1.807) is 20.8 Å². The minimum atomic E-state index is -0.600. The Hall–Kier alpha value is -1.06. The molecule has 0 unspecified atom stereocenters. The summed E-state index contributed by atoms with van der Waals surface area (Å²) in [5, 5.41) is 0. The van der Waals surface area contributed by atoms with E-state index >= 15 is 0 Å². The highest BCUT2D eigenvalue weighted by atomic mass is 16.6. The van der Waals surface area contributed by atoms with E-state index in [2.05, 4.69) is 11.9 Å². The van der Waals surface area contributed by atoms with Crippen LogP contribution < -0.4 is 5.73 Å². The number of nitrogens with zero attached hydrogens (tertiary/aromatic N) is 1. The van der Waals surface area contributed by atoms with Crippen molar-refractivity contribution in [2.75, 3.05) is 0 Å². The quantitative estimate of drug-likeness (QED) is 0.444. The van der Waals surface area contributed by atoms with Gasteiger partial charge in [0.2, 0.25) is 0 Å². The molecule has 0 atom stereocenters.